The maximum atomic E-state index is 11.5. The fraction of sp³-hybridized carbons (Fsp3) is 0.200. The second-order valence-electron chi connectivity index (χ2n) is 3.01. The highest BCUT2D eigenvalue weighted by Gasteiger charge is 2.01. The van der Waals surface area contributed by atoms with Crippen molar-refractivity contribution in [3.05, 3.63) is 40.8 Å². The summed E-state index contributed by atoms with van der Waals surface area (Å²) in [5, 5.41) is 0. The standard InChI is InChI=1S/C10H11BrN2O/c1-13(2)6-4-9(14)8-3-5-12-10(11)7-8/h3-7H,1-2H3/b6-4+. The number of hydrogen-bond acceptors (Lipinski definition) is 3. The van der Waals surface area contributed by atoms with Crippen LogP contribution >= 0.6 is 15.9 Å². The fourth-order valence-electron chi connectivity index (χ4n) is 0.869. The van der Waals surface area contributed by atoms with Crippen LogP contribution in [0, 0.1) is 0 Å². The quantitative estimate of drug-likeness (QED) is 0.471. The molecule has 0 aliphatic rings. The maximum Gasteiger partial charge on any atom is 0.187 e. The topological polar surface area (TPSA) is 33.2 Å². The van der Waals surface area contributed by atoms with Gasteiger partial charge in [-0.3, -0.25) is 4.79 Å². The predicted molar refractivity (Wildman–Crippen MR) is 59.1 cm³/mol. The largest absolute Gasteiger partial charge is 0.383 e. The Bertz CT molecular complexity index is 361. The van der Waals surface area contributed by atoms with Gasteiger partial charge in [-0.1, -0.05) is 0 Å². The van der Waals surface area contributed by atoms with Crippen molar-refractivity contribution < 1.29 is 4.79 Å². The summed E-state index contributed by atoms with van der Waals surface area (Å²) in [4.78, 5) is 17.3. The van der Waals surface area contributed by atoms with Gasteiger partial charge in [0, 0.05) is 38.1 Å². The van der Waals surface area contributed by atoms with Crippen LogP contribution in [0.2, 0.25) is 0 Å². The van der Waals surface area contributed by atoms with E-state index in [2.05, 4.69) is 20.9 Å². The molecule has 0 atom stereocenters. The molecule has 0 unspecified atom stereocenters. The van der Waals surface area contributed by atoms with E-state index >= 15 is 0 Å². The Labute approximate surface area is 91.6 Å². The Hall–Kier alpha value is -1.16. The number of halogens is 1. The molecule has 14 heavy (non-hydrogen) atoms. The van der Waals surface area contributed by atoms with E-state index in [4.69, 9.17) is 0 Å². The van der Waals surface area contributed by atoms with Gasteiger partial charge in [0.15, 0.2) is 5.78 Å². The molecule has 0 saturated heterocycles. The Balaban J connectivity index is 2.80. The number of allylic oxidation sites excluding steroid dienone is 1. The Morgan fingerprint density at radius 3 is 2.86 bits per heavy atom. The average Bonchev–Trinajstić information content (AvgIpc) is 2.14. The Morgan fingerprint density at radius 1 is 1.57 bits per heavy atom. The van der Waals surface area contributed by atoms with Gasteiger partial charge in [0.05, 0.1) is 0 Å². The van der Waals surface area contributed by atoms with Crippen LogP contribution in [0.5, 0.6) is 0 Å². The van der Waals surface area contributed by atoms with E-state index in [0.29, 0.717) is 10.2 Å². The number of ketones is 1. The van der Waals surface area contributed by atoms with Gasteiger partial charge in [0.1, 0.15) is 4.60 Å². The first-order valence-electron chi connectivity index (χ1n) is 4.10. The lowest BCUT2D eigenvalue weighted by Gasteiger charge is -2.02. The van der Waals surface area contributed by atoms with Crippen molar-refractivity contribution in [2.24, 2.45) is 0 Å². The van der Waals surface area contributed by atoms with E-state index in [1.165, 1.54) is 6.08 Å². The second kappa shape index (κ2) is 4.91. The molecule has 1 aromatic heterocycles. The van der Waals surface area contributed by atoms with Crippen LogP contribution in [0.15, 0.2) is 35.2 Å². The third-order valence-corrected chi connectivity index (χ3v) is 1.97. The summed E-state index contributed by atoms with van der Waals surface area (Å²) in [5.74, 6) is -0.0261. The zero-order valence-corrected chi connectivity index (χ0v) is 9.65. The maximum absolute atomic E-state index is 11.5. The molecule has 0 aliphatic carbocycles. The van der Waals surface area contributed by atoms with E-state index < -0.39 is 0 Å². The van der Waals surface area contributed by atoms with Crippen molar-refractivity contribution in [2.75, 3.05) is 14.1 Å². The van der Waals surface area contributed by atoms with E-state index in [-0.39, 0.29) is 5.78 Å². The van der Waals surface area contributed by atoms with Gasteiger partial charge in [-0.15, -0.1) is 0 Å². The molecule has 4 heteroatoms. The lowest BCUT2D eigenvalue weighted by atomic mass is 10.2. The molecule has 1 heterocycles. The molecular formula is C10H11BrN2O. The molecular weight excluding hydrogens is 244 g/mol. The summed E-state index contributed by atoms with van der Waals surface area (Å²) in [6.07, 6.45) is 4.85. The monoisotopic (exact) mass is 254 g/mol. The van der Waals surface area contributed by atoms with E-state index in [0.717, 1.165) is 0 Å². The molecule has 0 spiro atoms. The molecule has 1 aromatic rings. The molecule has 74 valence electrons. The summed E-state index contributed by atoms with van der Waals surface area (Å²) >= 11 is 3.21. The first kappa shape index (κ1) is 10.9. The number of carbonyl (C=O) groups excluding carboxylic acids is 1. The van der Waals surface area contributed by atoms with Crippen molar-refractivity contribution in [3.63, 3.8) is 0 Å². The van der Waals surface area contributed by atoms with Crippen LogP contribution in [-0.2, 0) is 0 Å². The van der Waals surface area contributed by atoms with Crippen molar-refractivity contribution in [1.29, 1.82) is 0 Å². The van der Waals surface area contributed by atoms with Crippen molar-refractivity contribution in [2.45, 2.75) is 0 Å². The van der Waals surface area contributed by atoms with Crippen LogP contribution in [0.3, 0.4) is 0 Å². The minimum atomic E-state index is -0.0261. The smallest absolute Gasteiger partial charge is 0.187 e. The molecule has 0 aromatic carbocycles. The lowest BCUT2D eigenvalue weighted by Crippen LogP contribution is -2.03. The molecule has 0 saturated carbocycles. The van der Waals surface area contributed by atoms with Crippen LogP contribution in [0.1, 0.15) is 10.4 Å². The number of nitrogens with zero attached hydrogens (tertiary/aromatic N) is 2. The molecule has 0 fully saturated rings. The Kier molecular flexibility index (Phi) is 3.83. The van der Waals surface area contributed by atoms with Gasteiger partial charge in [-0.2, -0.15) is 0 Å². The third-order valence-electron chi connectivity index (χ3n) is 1.54. The van der Waals surface area contributed by atoms with Crippen LogP contribution in [0.4, 0.5) is 0 Å². The van der Waals surface area contributed by atoms with Crippen molar-refractivity contribution in [1.82, 2.24) is 9.88 Å². The van der Waals surface area contributed by atoms with E-state index in [1.54, 1.807) is 24.5 Å². The zero-order chi connectivity index (χ0) is 10.6. The minimum absolute atomic E-state index is 0.0261. The highest BCUT2D eigenvalue weighted by atomic mass is 79.9. The third kappa shape index (κ3) is 3.30. The number of pyridine rings is 1. The van der Waals surface area contributed by atoms with Gasteiger partial charge in [0.25, 0.3) is 0 Å². The number of hydrogen-bond donors (Lipinski definition) is 0. The minimum Gasteiger partial charge on any atom is -0.383 e. The molecule has 0 aliphatic heterocycles. The molecule has 0 amide bonds. The van der Waals surface area contributed by atoms with E-state index in [1.807, 2.05) is 19.0 Å². The van der Waals surface area contributed by atoms with Gasteiger partial charge in [-0.25, -0.2) is 4.98 Å². The second-order valence-corrected chi connectivity index (χ2v) is 3.82. The van der Waals surface area contributed by atoms with Gasteiger partial charge in [-0.05, 0) is 28.1 Å². The van der Waals surface area contributed by atoms with Gasteiger partial charge in [0.2, 0.25) is 0 Å². The zero-order valence-electron chi connectivity index (χ0n) is 8.07. The molecule has 0 N–H and O–H groups in total. The number of carbonyl (C=O) groups is 1. The van der Waals surface area contributed by atoms with E-state index in [9.17, 15) is 4.79 Å². The lowest BCUT2D eigenvalue weighted by molar-refractivity contribution is 0.104. The van der Waals surface area contributed by atoms with Crippen LogP contribution in [-0.4, -0.2) is 29.8 Å². The first-order chi connectivity index (χ1) is 6.59. The normalized spacial score (nSPS) is 10.5. The summed E-state index contributed by atoms with van der Waals surface area (Å²) < 4.78 is 0.668. The highest BCUT2D eigenvalue weighted by molar-refractivity contribution is 9.10. The fourth-order valence-corrected chi connectivity index (χ4v) is 1.23. The van der Waals surface area contributed by atoms with Crippen LogP contribution in [0.25, 0.3) is 0 Å². The van der Waals surface area contributed by atoms with Crippen molar-refractivity contribution >= 4 is 21.7 Å². The predicted octanol–water partition coefficient (Wildman–Crippen LogP) is 2.10. The summed E-state index contributed by atoms with van der Waals surface area (Å²) in [6, 6.07) is 3.38. The van der Waals surface area contributed by atoms with Gasteiger partial charge >= 0.3 is 0 Å². The summed E-state index contributed by atoms with van der Waals surface area (Å²) in [7, 11) is 3.73. The molecule has 3 nitrogen and oxygen atoms in total. The Morgan fingerprint density at radius 2 is 2.29 bits per heavy atom. The van der Waals surface area contributed by atoms with Crippen LogP contribution < -0.4 is 0 Å². The summed E-state index contributed by atoms with van der Waals surface area (Å²) in [5.41, 5.74) is 0.630. The molecule has 0 radical (unpaired) electrons. The average molecular weight is 255 g/mol. The van der Waals surface area contributed by atoms with Gasteiger partial charge < -0.3 is 4.90 Å². The molecule has 1 rings (SSSR count). The first-order valence-corrected chi connectivity index (χ1v) is 4.89. The number of aromatic nitrogens is 1. The highest BCUT2D eigenvalue weighted by Crippen LogP contribution is 2.08. The molecule has 0 bridgehead atoms. The summed E-state index contributed by atoms with van der Waals surface area (Å²) in [6.45, 7) is 0. The SMILES string of the molecule is CN(C)/C=C/C(=O)c1ccnc(Br)c1. The van der Waals surface area contributed by atoms with Crippen molar-refractivity contribution in [3.8, 4) is 0 Å². The number of rotatable bonds is 3.